The molecule has 1 aliphatic heterocycles. The monoisotopic (exact) mass is 318 g/mol. The first-order chi connectivity index (χ1) is 11.2. The third kappa shape index (κ3) is 4.54. The topological polar surface area (TPSA) is 23.6 Å². The number of rotatable bonds is 6. The van der Waals surface area contributed by atoms with E-state index < -0.39 is 0 Å². The minimum absolute atomic E-state index is 0.180. The van der Waals surface area contributed by atoms with E-state index in [0.717, 1.165) is 38.2 Å². The molecule has 2 fully saturated rings. The average molecular weight is 318 g/mol. The van der Waals surface area contributed by atoms with E-state index in [1.807, 2.05) is 17.0 Å². The van der Waals surface area contributed by atoms with Crippen LogP contribution in [0.25, 0.3) is 0 Å². The molecule has 3 rings (SSSR count). The van der Waals surface area contributed by atoms with Crippen LogP contribution in [0.15, 0.2) is 24.3 Å². The average Bonchev–Trinajstić information content (AvgIpc) is 2.99. The third-order valence-electron chi connectivity index (χ3n) is 5.22. The predicted octanol–water partition coefficient (Wildman–Crippen LogP) is 3.58. The van der Waals surface area contributed by atoms with E-state index in [4.69, 9.17) is 0 Å². The number of carbonyl (C=O) groups is 1. The molecule has 4 heteroatoms. The van der Waals surface area contributed by atoms with Crippen molar-refractivity contribution in [1.29, 1.82) is 0 Å². The zero-order chi connectivity index (χ0) is 16.1. The zero-order valence-electron chi connectivity index (χ0n) is 13.8. The Bertz CT molecular complexity index is 511. The molecule has 1 heterocycles. The molecule has 1 aromatic carbocycles. The minimum atomic E-state index is -0.180. The van der Waals surface area contributed by atoms with Gasteiger partial charge in [-0.1, -0.05) is 31.4 Å². The number of likely N-dealkylation sites (tertiary alicyclic amines) is 1. The molecule has 1 saturated carbocycles. The SMILES string of the molecule is O=C1CCCN1CCN(Cc1ccc(F)cc1)C1CCCCC1. The van der Waals surface area contributed by atoms with Crippen molar-refractivity contribution in [3.63, 3.8) is 0 Å². The van der Waals surface area contributed by atoms with Crippen molar-refractivity contribution >= 4 is 5.91 Å². The molecule has 23 heavy (non-hydrogen) atoms. The van der Waals surface area contributed by atoms with Crippen LogP contribution in [0.1, 0.15) is 50.5 Å². The van der Waals surface area contributed by atoms with E-state index in [1.54, 1.807) is 12.1 Å². The quantitative estimate of drug-likeness (QED) is 0.800. The van der Waals surface area contributed by atoms with Gasteiger partial charge in [0.1, 0.15) is 5.82 Å². The molecule has 1 aliphatic carbocycles. The zero-order valence-corrected chi connectivity index (χ0v) is 13.8. The van der Waals surface area contributed by atoms with Crippen molar-refractivity contribution in [3.8, 4) is 0 Å². The summed E-state index contributed by atoms with van der Waals surface area (Å²) < 4.78 is 13.1. The van der Waals surface area contributed by atoms with E-state index in [0.29, 0.717) is 18.4 Å². The van der Waals surface area contributed by atoms with Crippen LogP contribution in [-0.4, -0.2) is 41.4 Å². The van der Waals surface area contributed by atoms with Crippen LogP contribution >= 0.6 is 0 Å². The molecule has 0 atom stereocenters. The second kappa shape index (κ2) is 7.91. The van der Waals surface area contributed by atoms with Crippen LogP contribution in [0, 0.1) is 5.82 Å². The number of halogens is 1. The summed E-state index contributed by atoms with van der Waals surface area (Å²) in [6, 6.07) is 7.45. The maximum absolute atomic E-state index is 13.1. The molecule has 126 valence electrons. The lowest BCUT2D eigenvalue weighted by Gasteiger charge is -2.35. The standard InChI is InChI=1S/C19H27FN2O/c20-17-10-8-16(9-11-17)15-22(18-5-2-1-3-6-18)14-13-21-12-4-7-19(21)23/h8-11,18H,1-7,12-15H2. The summed E-state index contributed by atoms with van der Waals surface area (Å²) in [5.74, 6) is 0.121. The Kier molecular flexibility index (Phi) is 5.65. The predicted molar refractivity (Wildman–Crippen MR) is 89.5 cm³/mol. The first-order valence-corrected chi connectivity index (χ1v) is 8.98. The number of hydrogen-bond donors (Lipinski definition) is 0. The van der Waals surface area contributed by atoms with Crippen molar-refractivity contribution in [2.75, 3.05) is 19.6 Å². The second-order valence-corrected chi connectivity index (χ2v) is 6.87. The van der Waals surface area contributed by atoms with Gasteiger partial charge < -0.3 is 4.90 Å². The largest absolute Gasteiger partial charge is 0.341 e. The lowest BCUT2D eigenvalue weighted by atomic mass is 9.94. The fraction of sp³-hybridized carbons (Fsp3) is 0.632. The van der Waals surface area contributed by atoms with Gasteiger partial charge in [-0.3, -0.25) is 9.69 Å². The highest BCUT2D eigenvalue weighted by atomic mass is 19.1. The van der Waals surface area contributed by atoms with Crippen molar-refractivity contribution in [2.24, 2.45) is 0 Å². The lowest BCUT2D eigenvalue weighted by Crippen LogP contribution is -2.42. The number of nitrogens with zero attached hydrogens (tertiary/aromatic N) is 2. The fourth-order valence-electron chi connectivity index (χ4n) is 3.85. The van der Waals surface area contributed by atoms with Crippen molar-refractivity contribution in [2.45, 2.75) is 57.5 Å². The van der Waals surface area contributed by atoms with Crippen LogP contribution in [0.4, 0.5) is 4.39 Å². The van der Waals surface area contributed by atoms with Crippen molar-refractivity contribution < 1.29 is 9.18 Å². The molecule has 1 amide bonds. The number of hydrogen-bond acceptors (Lipinski definition) is 2. The Balaban J connectivity index is 1.62. The van der Waals surface area contributed by atoms with Crippen LogP contribution < -0.4 is 0 Å². The van der Waals surface area contributed by atoms with Gasteiger partial charge in [0.2, 0.25) is 5.91 Å². The molecule has 0 spiro atoms. The van der Waals surface area contributed by atoms with E-state index in [1.165, 1.54) is 32.1 Å². The summed E-state index contributed by atoms with van der Waals surface area (Å²) in [7, 11) is 0. The number of benzene rings is 1. The maximum Gasteiger partial charge on any atom is 0.222 e. The summed E-state index contributed by atoms with van der Waals surface area (Å²) in [6.07, 6.45) is 8.14. The molecule has 2 aliphatic rings. The van der Waals surface area contributed by atoms with E-state index in [2.05, 4.69) is 4.90 Å². The smallest absolute Gasteiger partial charge is 0.222 e. The first kappa shape index (κ1) is 16.4. The van der Waals surface area contributed by atoms with Crippen LogP contribution in [0.3, 0.4) is 0 Å². The fourth-order valence-corrected chi connectivity index (χ4v) is 3.85. The molecule has 0 unspecified atom stereocenters. The third-order valence-corrected chi connectivity index (χ3v) is 5.22. The van der Waals surface area contributed by atoms with Crippen molar-refractivity contribution in [3.05, 3.63) is 35.6 Å². The summed E-state index contributed by atoms with van der Waals surface area (Å²) in [6.45, 7) is 3.52. The molecule has 3 nitrogen and oxygen atoms in total. The Morgan fingerprint density at radius 1 is 1.09 bits per heavy atom. The molecule has 0 bridgehead atoms. The highest BCUT2D eigenvalue weighted by Crippen LogP contribution is 2.24. The lowest BCUT2D eigenvalue weighted by molar-refractivity contribution is -0.128. The molecular weight excluding hydrogens is 291 g/mol. The minimum Gasteiger partial charge on any atom is -0.341 e. The molecule has 1 aromatic rings. The maximum atomic E-state index is 13.1. The highest BCUT2D eigenvalue weighted by Gasteiger charge is 2.24. The highest BCUT2D eigenvalue weighted by molar-refractivity contribution is 5.78. The molecule has 1 saturated heterocycles. The van der Waals surface area contributed by atoms with Crippen LogP contribution in [0.2, 0.25) is 0 Å². The van der Waals surface area contributed by atoms with E-state index >= 15 is 0 Å². The Morgan fingerprint density at radius 3 is 2.48 bits per heavy atom. The van der Waals surface area contributed by atoms with Gasteiger partial charge in [-0.25, -0.2) is 4.39 Å². The second-order valence-electron chi connectivity index (χ2n) is 6.87. The van der Waals surface area contributed by atoms with Gasteiger partial charge >= 0.3 is 0 Å². The van der Waals surface area contributed by atoms with Gasteiger partial charge in [0, 0.05) is 38.6 Å². The Labute approximate surface area is 138 Å². The van der Waals surface area contributed by atoms with Crippen molar-refractivity contribution in [1.82, 2.24) is 9.80 Å². The van der Waals surface area contributed by atoms with Crippen LogP contribution in [-0.2, 0) is 11.3 Å². The van der Waals surface area contributed by atoms with E-state index in [9.17, 15) is 9.18 Å². The van der Waals surface area contributed by atoms with Gasteiger partial charge in [-0.2, -0.15) is 0 Å². The Hall–Kier alpha value is -1.42. The number of carbonyl (C=O) groups excluding carboxylic acids is 1. The summed E-state index contributed by atoms with van der Waals surface area (Å²) in [4.78, 5) is 16.3. The summed E-state index contributed by atoms with van der Waals surface area (Å²) in [5.41, 5.74) is 1.16. The van der Waals surface area contributed by atoms with Gasteiger partial charge in [-0.05, 0) is 37.0 Å². The molecule has 0 N–H and O–H groups in total. The van der Waals surface area contributed by atoms with Crippen LogP contribution in [0.5, 0.6) is 0 Å². The first-order valence-electron chi connectivity index (χ1n) is 8.98. The summed E-state index contributed by atoms with van der Waals surface area (Å²) >= 11 is 0. The summed E-state index contributed by atoms with van der Waals surface area (Å²) in [5, 5.41) is 0. The molecular formula is C19H27FN2O. The normalized spacial score (nSPS) is 19.7. The van der Waals surface area contributed by atoms with Gasteiger partial charge in [0.05, 0.1) is 0 Å². The molecule has 0 aromatic heterocycles. The van der Waals surface area contributed by atoms with E-state index in [-0.39, 0.29) is 5.82 Å². The van der Waals surface area contributed by atoms with Gasteiger partial charge in [0.25, 0.3) is 0 Å². The van der Waals surface area contributed by atoms with Gasteiger partial charge in [-0.15, -0.1) is 0 Å². The Morgan fingerprint density at radius 2 is 1.83 bits per heavy atom. The van der Waals surface area contributed by atoms with Gasteiger partial charge in [0.15, 0.2) is 0 Å². The number of amides is 1. The molecule has 0 radical (unpaired) electrons.